The van der Waals surface area contributed by atoms with Crippen molar-refractivity contribution in [1.82, 2.24) is 0 Å². The lowest BCUT2D eigenvalue weighted by Gasteiger charge is -2.53. The highest BCUT2D eigenvalue weighted by molar-refractivity contribution is 5.80. The summed E-state index contributed by atoms with van der Waals surface area (Å²) in [6.07, 6.45) is 6.36. The Morgan fingerprint density at radius 1 is 1.35 bits per heavy atom. The number of carbonyl (C=O) groups excluding carboxylic acids is 1. The number of fused-ring (bicyclic) bond motifs is 1. The van der Waals surface area contributed by atoms with Crippen LogP contribution < -0.4 is 0 Å². The van der Waals surface area contributed by atoms with E-state index in [1.807, 2.05) is 0 Å². The van der Waals surface area contributed by atoms with Crippen molar-refractivity contribution >= 4 is 5.78 Å². The molecule has 2 rings (SSSR count). The maximum atomic E-state index is 12.3. The zero-order valence-corrected chi connectivity index (χ0v) is 15.5. The van der Waals surface area contributed by atoms with E-state index in [1.54, 1.807) is 13.8 Å². The lowest BCUT2D eigenvalue weighted by molar-refractivity contribution is -0.152. The molecule has 0 heterocycles. The smallest absolute Gasteiger partial charge is 0.135 e. The monoisotopic (exact) mass is 322 g/mol. The molecular weight excluding hydrogens is 288 g/mol. The van der Waals surface area contributed by atoms with Crippen LogP contribution in [0, 0.1) is 22.7 Å². The van der Waals surface area contributed by atoms with Crippen molar-refractivity contribution < 1.29 is 15.0 Å². The van der Waals surface area contributed by atoms with E-state index in [0.717, 1.165) is 25.7 Å². The van der Waals surface area contributed by atoms with Crippen molar-refractivity contribution in [3.8, 4) is 0 Å². The summed E-state index contributed by atoms with van der Waals surface area (Å²) >= 11 is 0. The first-order valence-corrected chi connectivity index (χ1v) is 8.98. The van der Waals surface area contributed by atoms with Crippen molar-refractivity contribution in [2.24, 2.45) is 22.7 Å². The zero-order valence-electron chi connectivity index (χ0n) is 15.5. The van der Waals surface area contributed by atoms with E-state index in [1.165, 1.54) is 6.08 Å². The normalized spacial score (nSPS) is 41.9. The van der Waals surface area contributed by atoms with Crippen LogP contribution in [-0.4, -0.2) is 27.2 Å². The van der Waals surface area contributed by atoms with E-state index >= 15 is 0 Å². The van der Waals surface area contributed by atoms with Gasteiger partial charge in [-0.3, -0.25) is 4.79 Å². The number of Topliss-reactive ketones (excluding diaryl/α,β-unsaturated/α-hetero) is 1. The Labute approximate surface area is 141 Å². The van der Waals surface area contributed by atoms with Crippen LogP contribution in [0.2, 0.25) is 0 Å². The molecule has 0 saturated heterocycles. The molecule has 0 spiro atoms. The van der Waals surface area contributed by atoms with Gasteiger partial charge in [0.05, 0.1) is 11.2 Å². The Bertz CT molecular complexity index is 493. The van der Waals surface area contributed by atoms with Gasteiger partial charge in [0.25, 0.3) is 0 Å². The summed E-state index contributed by atoms with van der Waals surface area (Å²) in [5, 5.41) is 22.0. The molecular formula is C20H34O3. The largest absolute Gasteiger partial charge is 0.389 e. The van der Waals surface area contributed by atoms with Crippen molar-refractivity contribution in [2.45, 2.75) is 84.3 Å². The lowest BCUT2D eigenvalue weighted by Crippen LogP contribution is -2.54. The molecule has 132 valence electrons. The molecule has 2 saturated carbocycles. The summed E-state index contributed by atoms with van der Waals surface area (Å²) in [6.45, 7) is 13.7. The molecule has 0 radical (unpaired) electrons. The molecule has 3 nitrogen and oxygen atoms in total. The van der Waals surface area contributed by atoms with Crippen LogP contribution in [0.25, 0.3) is 0 Å². The molecule has 0 bridgehead atoms. The fourth-order valence-electron chi connectivity index (χ4n) is 5.56. The number of hydrogen-bond donors (Lipinski definition) is 2. The van der Waals surface area contributed by atoms with Gasteiger partial charge in [-0.1, -0.05) is 33.3 Å². The van der Waals surface area contributed by atoms with Crippen LogP contribution in [0.4, 0.5) is 0 Å². The molecule has 2 fully saturated rings. The third-order valence-corrected chi connectivity index (χ3v) is 7.21. The highest BCUT2D eigenvalue weighted by Crippen LogP contribution is 2.66. The number of ketones is 1. The second-order valence-corrected chi connectivity index (χ2v) is 9.20. The van der Waals surface area contributed by atoms with Gasteiger partial charge in [-0.25, -0.2) is 0 Å². The maximum Gasteiger partial charge on any atom is 0.135 e. The molecule has 3 heteroatoms. The average Bonchev–Trinajstić information content (AvgIpc) is 2.67. The van der Waals surface area contributed by atoms with Gasteiger partial charge in [0.2, 0.25) is 0 Å². The van der Waals surface area contributed by atoms with Crippen LogP contribution in [0.1, 0.15) is 73.1 Å². The van der Waals surface area contributed by atoms with Gasteiger partial charge < -0.3 is 10.2 Å². The molecule has 5 unspecified atom stereocenters. The van der Waals surface area contributed by atoms with E-state index in [9.17, 15) is 15.0 Å². The Hall–Kier alpha value is -0.670. The van der Waals surface area contributed by atoms with Gasteiger partial charge in [-0.15, -0.1) is 6.58 Å². The fraction of sp³-hybridized carbons (Fsp3) is 0.850. The predicted molar refractivity (Wildman–Crippen MR) is 93.0 cm³/mol. The van der Waals surface area contributed by atoms with E-state index in [0.29, 0.717) is 18.8 Å². The van der Waals surface area contributed by atoms with Crippen LogP contribution >= 0.6 is 0 Å². The van der Waals surface area contributed by atoms with Gasteiger partial charge in [0.1, 0.15) is 5.78 Å². The van der Waals surface area contributed by atoms with Gasteiger partial charge in [-0.05, 0) is 57.3 Å². The first-order chi connectivity index (χ1) is 10.4. The third-order valence-electron chi connectivity index (χ3n) is 7.21. The summed E-state index contributed by atoms with van der Waals surface area (Å²) in [4.78, 5) is 12.3. The molecule has 2 N–H and O–H groups in total. The number of rotatable bonds is 5. The molecule has 2 aliphatic rings. The van der Waals surface area contributed by atoms with Crippen LogP contribution in [0.5, 0.6) is 0 Å². The Kier molecular flexibility index (Phi) is 4.63. The van der Waals surface area contributed by atoms with Crippen LogP contribution in [0.15, 0.2) is 12.7 Å². The Morgan fingerprint density at radius 3 is 2.48 bits per heavy atom. The van der Waals surface area contributed by atoms with E-state index in [4.69, 9.17) is 0 Å². The third kappa shape index (κ3) is 2.91. The molecule has 23 heavy (non-hydrogen) atoms. The predicted octanol–water partition coefficient (Wildman–Crippen LogP) is 3.88. The molecule has 0 aromatic carbocycles. The summed E-state index contributed by atoms with van der Waals surface area (Å²) < 4.78 is 0. The minimum absolute atomic E-state index is 0.0807. The summed E-state index contributed by atoms with van der Waals surface area (Å²) in [6, 6.07) is 0. The summed E-state index contributed by atoms with van der Waals surface area (Å²) in [5.74, 6) is 0.101. The number of carbonyl (C=O) groups is 1. The number of hydrogen-bond acceptors (Lipinski definition) is 3. The average molecular weight is 322 g/mol. The van der Waals surface area contributed by atoms with Crippen molar-refractivity contribution in [1.29, 1.82) is 0 Å². The Balaban J connectivity index is 2.40. The van der Waals surface area contributed by atoms with Gasteiger partial charge >= 0.3 is 0 Å². The minimum Gasteiger partial charge on any atom is -0.389 e. The molecule has 0 amide bonds. The maximum absolute atomic E-state index is 12.3. The first kappa shape index (κ1) is 18.7. The minimum atomic E-state index is -1.03. The SMILES string of the molecule is C=CC(C)(O)CCC1(O)C(C(C)=O)CC2C(C)(C)CCCC21C. The second kappa shape index (κ2) is 5.70. The van der Waals surface area contributed by atoms with E-state index in [-0.39, 0.29) is 22.5 Å². The van der Waals surface area contributed by atoms with Crippen molar-refractivity contribution in [2.75, 3.05) is 0 Å². The molecule has 0 aliphatic heterocycles. The van der Waals surface area contributed by atoms with Gasteiger partial charge in [0, 0.05) is 11.3 Å². The lowest BCUT2D eigenvalue weighted by atomic mass is 9.54. The van der Waals surface area contributed by atoms with Crippen molar-refractivity contribution in [3.63, 3.8) is 0 Å². The summed E-state index contributed by atoms with van der Waals surface area (Å²) in [5.41, 5.74) is -2.15. The molecule has 0 aromatic rings. The highest BCUT2D eigenvalue weighted by Gasteiger charge is 2.66. The second-order valence-electron chi connectivity index (χ2n) is 9.20. The molecule has 0 aromatic heterocycles. The van der Waals surface area contributed by atoms with E-state index in [2.05, 4.69) is 27.4 Å². The Morgan fingerprint density at radius 2 is 1.96 bits per heavy atom. The van der Waals surface area contributed by atoms with Crippen LogP contribution in [0.3, 0.4) is 0 Å². The summed E-state index contributed by atoms with van der Waals surface area (Å²) in [7, 11) is 0. The topological polar surface area (TPSA) is 57.5 Å². The number of aliphatic hydroxyl groups is 2. The highest BCUT2D eigenvalue weighted by atomic mass is 16.3. The van der Waals surface area contributed by atoms with Crippen LogP contribution in [-0.2, 0) is 4.79 Å². The standard InChI is InChI=1S/C20H34O3/c1-7-18(5,22)11-12-20(23)15(14(2)21)13-16-17(3,4)9-8-10-19(16,20)6/h7,15-16,22-23H,1,8-13H2,2-6H3. The molecule has 5 atom stereocenters. The fourth-order valence-corrected chi connectivity index (χ4v) is 5.56. The van der Waals surface area contributed by atoms with E-state index < -0.39 is 11.2 Å². The van der Waals surface area contributed by atoms with Gasteiger partial charge in [0.15, 0.2) is 0 Å². The van der Waals surface area contributed by atoms with Crippen molar-refractivity contribution in [3.05, 3.63) is 12.7 Å². The first-order valence-electron chi connectivity index (χ1n) is 8.98. The van der Waals surface area contributed by atoms with Gasteiger partial charge in [-0.2, -0.15) is 0 Å². The zero-order chi connectivity index (χ0) is 17.7. The molecule has 2 aliphatic carbocycles. The quantitative estimate of drug-likeness (QED) is 0.755.